The van der Waals surface area contributed by atoms with Gasteiger partial charge in [-0.25, -0.2) is 4.68 Å². The number of rotatable bonds is 5. The number of nitrogens with one attached hydrogen (secondary N) is 1. The van der Waals surface area contributed by atoms with Gasteiger partial charge in [-0.2, -0.15) is 5.10 Å². The van der Waals surface area contributed by atoms with Crippen molar-refractivity contribution in [3.05, 3.63) is 47.3 Å². The Morgan fingerprint density at radius 2 is 1.90 bits per heavy atom. The smallest absolute Gasteiger partial charge is 0.271 e. The van der Waals surface area contributed by atoms with Crippen LogP contribution >= 0.6 is 0 Å². The number of hydrogen-bond donors (Lipinski definition) is 1. The van der Waals surface area contributed by atoms with Crippen LogP contribution in [0.4, 0.5) is 0 Å². The molecule has 1 N–H and O–H groups in total. The summed E-state index contributed by atoms with van der Waals surface area (Å²) in [7, 11) is 0. The number of aromatic nitrogens is 2. The number of carbonyl (C=O) groups is 1. The highest BCUT2D eigenvalue weighted by atomic mass is 16.1. The van der Waals surface area contributed by atoms with Crippen LogP contribution in [0.3, 0.4) is 0 Å². The molecular weight excluding hydrogens is 262 g/mol. The molecule has 1 amide bonds. The maximum atomic E-state index is 12.1. The van der Waals surface area contributed by atoms with E-state index >= 15 is 0 Å². The standard InChI is InChI=1S/C17H23N3O/c1-12(2)9-10-18-17(21)16-11-14(4)20(19-16)15-7-5-13(3)6-8-15/h5-8,11-12H,9-10H2,1-4H3,(H,18,21). The lowest BCUT2D eigenvalue weighted by Gasteiger charge is -2.06. The van der Waals surface area contributed by atoms with Gasteiger partial charge in [-0.15, -0.1) is 0 Å². The molecule has 0 radical (unpaired) electrons. The summed E-state index contributed by atoms with van der Waals surface area (Å²) in [4.78, 5) is 12.1. The molecule has 1 aromatic carbocycles. The van der Waals surface area contributed by atoms with Gasteiger partial charge in [0.1, 0.15) is 0 Å². The summed E-state index contributed by atoms with van der Waals surface area (Å²) in [5, 5.41) is 7.33. The molecule has 1 heterocycles. The fourth-order valence-electron chi connectivity index (χ4n) is 2.10. The Morgan fingerprint density at radius 3 is 2.52 bits per heavy atom. The molecule has 4 nitrogen and oxygen atoms in total. The first kappa shape index (κ1) is 15.3. The highest BCUT2D eigenvalue weighted by molar-refractivity contribution is 5.92. The lowest BCUT2D eigenvalue weighted by molar-refractivity contribution is 0.0946. The molecule has 21 heavy (non-hydrogen) atoms. The first-order chi connectivity index (χ1) is 9.97. The van der Waals surface area contributed by atoms with Gasteiger partial charge >= 0.3 is 0 Å². The zero-order valence-corrected chi connectivity index (χ0v) is 13.2. The number of amides is 1. The fourth-order valence-corrected chi connectivity index (χ4v) is 2.10. The number of hydrogen-bond acceptors (Lipinski definition) is 2. The molecule has 0 aliphatic carbocycles. The Bertz CT molecular complexity index is 611. The number of benzene rings is 1. The van der Waals surface area contributed by atoms with Crippen molar-refractivity contribution in [2.75, 3.05) is 6.54 Å². The van der Waals surface area contributed by atoms with E-state index in [2.05, 4.69) is 24.3 Å². The third-order valence-electron chi connectivity index (χ3n) is 3.41. The SMILES string of the molecule is Cc1ccc(-n2nc(C(=O)NCCC(C)C)cc2C)cc1. The average molecular weight is 285 g/mol. The molecule has 0 aliphatic heterocycles. The molecule has 0 saturated heterocycles. The maximum Gasteiger partial charge on any atom is 0.271 e. The van der Waals surface area contributed by atoms with Gasteiger partial charge in [0, 0.05) is 12.2 Å². The van der Waals surface area contributed by atoms with Crippen molar-refractivity contribution in [2.24, 2.45) is 5.92 Å². The molecule has 1 aromatic heterocycles. The quantitative estimate of drug-likeness (QED) is 0.916. The van der Waals surface area contributed by atoms with Crippen molar-refractivity contribution in [1.82, 2.24) is 15.1 Å². The Balaban J connectivity index is 2.11. The largest absolute Gasteiger partial charge is 0.351 e. The van der Waals surface area contributed by atoms with Gasteiger partial charge < -0.3 is 5.32 Å². The van der Waals surface area contributed by atoms with Crippen molar-refractivity contribution < 1.29 is 4.79 Å². The van der Waals surface area contributed by atoms with Gasteiger partial charge in [0.15, 0.2) is 5.69 Å². The molecule has 0 spiro atoms. The van der Waals surface area contributed by atoms with E-state index in [0.29, 0.717) is 18.2 Å². The fraction of sp³-hybridized carbons (Fsp3) is 0.412. The predicted octanol–water partition coefficient (Wildman–Crippen LogP) is 3.27. The van der Waals surface area contributed by atoms with Crippen LogP contribution < -0.4 is 5.32 Å². The summed E-state index contributed by atoms with van der Waals surface area (Å²) in [5.41, 5.74) is 3.60. The minimum atomic E-state index is -0.107. The summed E-state index contributed by atoms with van der Waals surface area (Å²) < 4.78 is 1.80. The highest BCUT2D eigenvalue weighted by Gasteiger charge is 2.12. The third kappa shape index (κ3) is 3.94. The van der Waals surface area contributed by atoms with Crippen molar-refractivity contribution in [1.29, 1.82) is 0 Å². The monoisotopic (exact) mass is 285 g/mol. The molecule has 0 fully saturated rings. The predicted molar refractivity (Wildman–Crippen MR) is 84.8 cm³/mol. The summed E-state index contributed by atoms with van der Waals surface area (Å²) in [6.45, 7) is 8.98. The van der Waals surface area contributed by atoms with Gasteiger partial charge in [-0.1, -0.05) is 31.5 Å². The molecule has 0 atom stereocenters. The second-order valence-electron chi connectivity index (χ2n) is 5.86. The van der Waals surface area contributed by atoms with Crippen LogP contribution in [-0.2, 0) is 0 Å². The lowest BCUT2D eigenvalue weighted by Crippen LogP contribution is -2.25. The van der Waals surface area contributed by atoms with Gasteiger partial charge in [0.25, 0.3) is 5.91 Å². The van der Waals surface area contributed by atoms with Crippen LogP contribution in [0, 0.1) is 19.8 Å². The minimum absolute atomic E-state index is 0.107. The highest BCUT2D eigenvalue weighted by Crippen LogP contribution is 2.13. The minimum Gasteiger partial charge on any atom is -0.351 e. The van der Waals surface area contributed by atoms with Crippen LogP contribution in [0.5, 0.6) is 0 Å². The zero-order chi connectivity index (χ0) is 15.4. The molecule has 112 valence electrons. The summed E-state index contributed by atoms with van der Waals surface area (Å²) in [5.74, 6) is 0.474. The molecule has 0 bridgehead atoms. The first-order valence-electron chi connectivity index (χ1n) is 7.39. The topological polar surface area (TPSA) is 46.9 Å². The van der Waals surface area contributed by atoms with Crippen molar-refractivity contribution in [2.45, 2.75) is 34.1 Å². The van der Waals surface area contributed by atoms with Gasteiger partial charge in [0.2, 0.25) is 0 Å². The second kappa shape index (κ2) is 6.57. The van der Waals surface area contributed by atoms with E-state index < -0.39 is 0 Å². The second-order valence-corrected chi connectivity index (χ2v) is 5.86. The van der Waals surface area contributed by atoms with E-state index in [4.69, 9.17) is 0 Å². The van der Waals surface area contributed by atoms with E-state index in [1.807, 2.05) is 44.2 Å². The third-order valence-corrected chi connectivity index (χ3v) is 3.41. The number of aryl methyl sites for hydroxylation is 2. The van der Waals surface area contributed by atoms with E-state index in [1.165, 1.54) is 5.56 Å². The molecular formula is C17H23N3O. The van der Waals surface area contributed by atoms with Crippen LogP contribution in [0.2, 0.25) is 0 Å². The van der Waals surface area contributed by atoms with Crippen LogP contribution in [0.25, 0.3) is 5.69 Å². The summed E-state index contributed by atoms with van der Waals surface area (Å²) in [6, 6.07) is 9.92. The van der Waals surface area contributed by atoms with Crippen LogP contribution in [0.15, 0.2) is 30.3 Å². The number of nitrogens with zero attached hydrogens (tertiary/aromatic N) is 2. The molecule has 2 aromatic rings. The zero-order valence-electron chi connectivity index (χ0n) is 13.2. The van der Waals surface area contributed by atoms with Crippen LogP contribution in [-0.4, -0.2) is 22.2 Å². The van der Waals surface area contributed by atoms with Crippen LogP contribution in [0.1, 0.15) is 42.0 Å². The molecule has 4 heteroatoms. The van der Waals surface area contributed by atoms with Crippen molar-refractivity contribution in [3.8, 4) is 5.69 Å². The van der Waals surface area contributed by atoms with Gasteiger partial charge in [0.05, 0.1) is 5.69 Å². The Labute approximate surface area is 126 Å². The lowest BCUT2D eigenvalue weighted by atomic mass is 10.1. The van der Waals surface area contributed by atoms with E-state index in [9.17, 15) is 4.79 Å². The van der Waals surface area contributed by atoms with E-state index in [0.717, 1.165) is 17.8 Å². The van der Waals surface area contributed by atoms with E-state index in [1.54, 1.807) is 4.68 Å². The molecule has 0 saturated carbocycles. The summed E-state index contributed by atoms with van der Waals surface area (Å²) >= 11 is 0. The molecule has 0 aliphatic rings. The molecule has 2 rings (SSSR count). The molecule has 0 unspecified atom stereocenters. The average Bonchev–Trinajstić information content (AvgIpc) is 2.81. The van der Waals surface area contributed by atoms with Gasteiger partial charge in [-0.3, -0.25) is 4.79 Å². The normalized spacial score (nSPS) is 10.9. The van der Waals surface area contributed by atoms with Crippen molar-refractivity contribution in [3.63, 3.8) is 0 Å². The Morgan fingerprint density at radius 1 is 1.24 bits per heavy atom. The summed E-state index contributed by atoms with van der Waals surface area (Å²) in [6.07, 6.45) is 0.976. The van der Waals surface area contributed by atoms with Gasteiger partial charge in [-0.05, 0) is 44.4 Å². The number of carbonyl (C=O) groups excluding carboxylic acids is 1. The van der Waals surface area contributed by atoms with Crippen molar-refractivity contribution >= 4 is 5.91 Å². The Hall–Kier alpha value is -2.10. The van der Waals surface area contributed by atoms with E-state index in [-0.39, 0.29) is 5.91 Å². The Kier molecular flexibility index (Phi) is 4.78. The maximum absolute atomic E-state index is 12.1. The first-order valence-corrected chi connectivity index (χ1v) is 7.39.